The number of benzene rings is 1. The van der Waals surface area contributed by atoms with Gasteiger partial charge in [-0.15, -0.1) is 0 Å². The molecule has 0 aliphatic carbocycles. The van der Waals surface area contributed by atoms with E-state index in [9.17, 15) is 5.11 Å². The number of aliphatic hydroxyl groups excluding tert-OH is 1. The number of halogens is 1. The summed E-state index contributed by atoms with van der Waals surface area (Å²) in [5.74, 6) is 0.664. The van der Waals surface area contributed by atoms with Gasteiger partial charge in [-0.05, 0) is 19.9 Å². The van der Waals surface area contributed by atoms with Gasteiger partial charge in [0.1, 0.15) is 17.5 Å². The lowest BCUT2D eigenvalue weighted by molar-refractivity contribution is 0.190. The first-order valence-corrected chi connectivity index (χ1v) is 6.46. The minimum Gasteiger partial charge on any atom is -0.488 e. The zero-order valence-corrected chi connectivity index (χ0v) is 12.0. The second kappa shape index (κ2) is 5.63. The highest BCUT2D eigenvalue weighted by atomic mass is 35.5. The smallest absolute Gasteiger partial charge is 0.133 e. The molecule has 0 unspecified atom stereocenters. The third kappa shape index (κ3) is 2.91. The average molecular weight is 281 g/mol. The Labute approximate surface area is 117 Å². The fourth-order valence-corrected chi connectivity index (χ4v) is 2.17. The Kier molecular flexibility index (Phi) is 4.12. The Hall–Kier alpha value is -1.52. The van der Waals surface area contributed by atoms with Crippen LogP contribution in [-0.2, 0) is 13.7 Å². The molecule has 2 aromatic rings. The summed E-state index contributed by atoms with van der Waals surface area (Å²) in [6.07, 6.45) is -0.568. The second-order valence-corrected chi connectivity index (χ2v) is 4.84. The molecular formula is C14H17ClN2O2. The van der Waals surface area contributed by atoms with Gasteiger partial charge >= 0.3 is 0 Å². The molecule has 0 amide bonds. The van der Waals surface area contributed by atoms with Crippen LogP contribution in [-0.4, -0.2) is 14.9 Å². The molecule has 1 heterocycles. The van der Waals surface area contributed by atoms with Gasteiger partial charge in [0.05, 0.1) is 11.8 Å². The molecule has 0 aliphatic rings. The molecule has 0 saturated carbocycles. The van der Waals surface area contributed by atoms with E-state index >= 15 is 0 Å². The van der Waals surface area contributed by atoms with Gasteiger partial charge in [0.25, 0.3) is 0 Å². The van der Waals surface area contributed by atoms with Crippen molar-refractivity contribution in [3.63, 3.8) is 0 Å². The van der Waals surface area contributed by atoms with Crippen LogP contribution in [0.1, 0.15) is 29.8 Å². The molecule has 0 bridgehead atoms. The molecule has 102 valence electrons. The fraction of sp³-hybridized carbons (Fsp3) is 0.357. The van der Waals surface area contributed by atoms with E-state index in [1.165, 1.54) is 0 Å². The Morgan fingerprint density at radius 2 is 2.11 bits per heavy atom. The molecule has 0 fully saturated rings. The largest absolute Gasteiger partial charge is 0.488 e. The zero-order valence-electron chi connectivity index (χ0n) is 11.2. The van der Waals surface area contributed by atoms with Crippen molar-refractivity contribution in [3.8, 4) is 5.75 Å². The van der Waals surface area contributed by atoms with Crippen molar-refractivity contribution in [2.75, 3.05) is 0 Å². The monoisotopic (exact) mass is 280 g/mol. The van der Waals surface area contributed by atoms with Crippen molar-refractivity contribution < 1.29 is 9.84 Å². The molecule has 2 rings (SSSR count). The summed E-state index contributed by atoms with van der Waals surface area (Å²) < 4.78 is 7.38. The fourth-order valence-electron chi connectivity index (χ4n) is 1.94. The van der Waals surface area contributed by atoms with Gasteiger partial charge in [-0.3, -0.25) is 4.68 Å². The number of rotatable bonds is 4. The first kappa shape index (κ1) is 13.9. The van der Waals surface area contributed by atoms with Gasteiger partial charge in [0, 0.05) is 18.2 Å². The zero-order chi connectivity index (χ0) is 14.0. The molecular weight excluding hydrogens is 264 g/mol. The summed E-state index contributed by atoms with van der Waals surface area (Å²) in [5, 5.41) is 14.5. The number of aromatic nitrogens is 2. The third-order valence-electron chi connectivity index (χ3n) is 3.01. The predicted molar refractivity (Wildman–Crippen MR) is 74.4 cm³/mol. The first-order valence-electron chi connectivity index (χ1n) is 6.08. The van der Waals surface area contributed by atoms with E-state index in [0.717, 1.165) is 16.8 Å². The van der Waals surface area contributed by atoms with Crippen LogP contribution < -0.4 is 4.74 Å². The number of hydrogen-bond acceptors (Lipinski definition) is 3. The lowest BCUT2D eigenvalue weighted by atomic mass is 10.1. The van der Waals surface area contributed by atoms with E-state index in [0.29, 0.717) is 17.5 Å². The molecule has 0 saturated heterocycles. The SMILES string of the molecule is Cc1nn(C)c(Cl)c1COc1ccccc1[C@@H](C)O. The van der Waals surface area contributed by atoms with Crippen molar-refractivity contribution in [3.05, 3.63) is 46.2 Å². The molecule has 1 atom stereocenters. The van der Waals surface area contributed by atoms with E-state index in [-0.39, 0.29) is 0 Å². The maximum absolute atomic E-state index is 9.69. The highest BCUT2D eigenvalue weighted by Crippen LogP contribution is 2.27. The molecule has 19 heavy (non-hydrogen) atoms. The second-order valence-electron chi connectivity index (χ2n) is 4.48. The van der Waals surface area contributed by atoms with Crippen LogP contribution in [0.5, 0.6) is 5.75 Å². The quantitative estimate of drug-likeness (QED) is 0.936. The third-order valence-corrected chi connectivity index (χ3v) is 3.48. The highest BCUT2D eigenvalue weighted by Gasteiger charge is 2.13. The van der Waals surface area contributed by atoms with Gasteiger partial charge < -0.3 is 9.84 Å². The van der Waals surface area contributed by atoms with Crippen LogP contribution in [0.4, 0.5) is 0 Å². The summed E-state index contributed by atoms with van der Waals surface area (Å²) in [5.41, 5.74) is 2.48. The Morgan fingerprint density at radius 1 is 1.42 bits per heavy atom. The maximum atomic E-state index is 9.69. The predicted octanol–water partition coefficient (Wildman–Crippen LogP) is 3.01. The number of aryl methyl sites for hydroxylation is 2. The van der Waals surface area contributed by atoms with Crippen LogP contribution >= 0.6 is 11.6 Å². The number of nitrogens with zero attached hydrogens (tertiary/aromatic N) is 2. The maximum Gasteiger partial charge on any atom is 0.133 e. The summed E-state index contributed by atoms with van der Waals surface area (Å²) in [6, 6.07) is 7.43. The van der Waals surface area contributed by atoms with E-state index in [2.05, 4.69) is 5.10 Å². The standard InChI is InChI=1S/C14H17ClN2O2/c1-9-12(14(15)17(3)16-9)8-19-13-7-5-4-6-11(13)10(2)18/h4-7,10,18H,8H2,1-3H3/t10-/m1/s1. The van der Waals surface area contributed by atoms with Crippen molar-refractivity contribution >= 4 is 11.6 Å². The lowest BCUT2D eigenvalue weighted by Gasteiger charge is -2.13. The van der Waals surface area contributed by atoms with Crippen LogP contribution in [0.15, 0.2) is 24.3 Å². The summed E-state index contributed by atoms with van der Waals surface area (Å²) in [4.78, 5) is 0. The molecule has 4 nitrogen and oxygen atoms in total. The van der Waals surface area contributed by atoms with E-state index in [4.69, 9.17) is 16.3 Å². The number of ether oxygens (including phenoxy) is 1. The van der Waals surface area contributed by atoms with Gasteiger partial charge in [0.2, 0.25) is 0 Å². The Bertz CT molecular complexity index is 579. The number of para-hydroxylation sites is 1. The average Bonchev–Trinajstić information content (AvgIpc) is 2.61. The van der Waals surface area contributed by atoms with Crippen molar-refractivity contribution in [2.24, 2.45) is 7.05 Å². The van der Waals surface area contributed by atoms with E-state index < -0.39 is 6.10 Å². The van der Waals surface area contributed by atoms with E-state index in [1.54, 1.807) is 18.7 Å². The summed E-state index contributed by atoms with van der Waals surface area (Å²) >= 11 is 6.15. The molecule has 1 N–H and O–H groups in total. The van der Waals surface area contributed by atoms with E-state index in [1.807, 2.05) is 31.2 Å². The molecule has 5 heteroatoms. The minimum atomic E-state index is -0.568. The van der Waals surface area contributed by atoms with Gasteiger partial charge in [0.15, 0.2) is 0 Å². The van der Waals surface area contributed by atoms with Gasteiger partial charge in [-0.2, -0.15) is 5.10 Å². The molecule has 0 spiro atoms. The molecule has 0 aliphatic heterocycles. The van der Waals surface area contributed by atoms with Crippen molar-refractivity contribution in [1.29, 1.82) is 0 Å². The van der Waals surface area contributed by atoms with Gasteiger partial charge in [-0.1, -0.05) is 29.8 Å². The van der Waals surface area contributed by atoms with Crippen molar-refractivity contribution in [1.82, 2.24) is 9.78 Å². The first-order chi connectivity index (χ1) is 9.00. The highest BCUT2D eigenvalue weighted by molar-refractivity contribution is 6.30. The number of aliphatic hydroxyl groups is 1. The Balaban J connectivity index is 2.19. The Morgan fingerprint density at radius 3 is 2.68 bits per heavy atom. The normalized spacial score (nSPS) is 12.5. The minimum absolute atomic E-state index is 0.336. The van der Waals surface area contributed by atoms with Crippen molar-refractivity contribution in [2.45, 2.75) is 26.6 Å². The van der Waals surface area contributed by atoms with Gasteiger partial charge in [-0.25, -0.2) is 0 Å². The molecule has 0 radical (unpaired) electrons. The number of hydrogen-bond donors (Lipinski definition) is 1. The molecule has 1 aromatic heterocycles. The summed E-state index contributed by atoms with van der Waals surface area (Å²) in [6.45, 7) is 3.94. The molecule has 1 aromatic carbocycles. The van der Waals surface area contributed by atoms with Crippen LogP contribution in [0.2, 0.25) is 5.15 Å². The van der Waals surface area contributed by atoms with Crippen LogP contribution in [0.25, 0.3) is 0 Å². The topological polar surface area (TPSA) is 47.3 Å². The van der Waals surface area contributed by atoms with Crippen LogP contribution in [0, 0.1) is 6.92 Å². The summed E-state index contributed by atoms with van der Waals surface area (Å²) in [7, 11) is 1.79. The lowest BCUT2D eigenvalue weighted by Crippen LogP contribution is -2.01. The van der Waals surface area contributed by atoms with Crippen LogP contribution in [0.3, 0.4) is 0 Å².